The number of likely N-dealkylation sites (tertiary alicyclic amines) is 1. The zero-order valence-electron chi connectivity index (χ0n) is 20.1. The monoisotopic (exact) mass is 531 g/mol. The Hall–Kier alpha value is -3.11. The van der Waals surface area contributed by atoms with Gasteiger partial charge in [0.2, 0.25) is 0 Å². The van der Waals surface area contributed by atoms with Gasteiger partial charge in [-0.3, -0.25) is 9.52 Å². The maximum Gasteiger partial charge on any atom is 0.416 e. The molecule has 2 aliphatic heterocycles. The van der Waals surface area contributed by atoms with Crippen LogP contribution in [0.15, 0.2) is 76.4 Å². The SMILES string of the molecule is O=c1c(NS(=O)(=O)c2cccc(C(F)(F)F)c2)ccc2n1CC1CC2CN(CCCc2ccccc2)C1. The summed E-state index contributed by atoms with van der Waals surface area (Å²) < 4.78 is 68.6. The number of benzene rings is 2. The van der Waals surface area contributed by atoms with Crippen LogP contribution in [0.5, 0.6) is 0 Å². The molecule has 3 aromatic rings. The molecule has 1 aromatic heterocycles. The van der Waals surface area contributed by atoms with E-state index in [2.05, 4.69) is 21.8 Å². The molecular formula is C27H28F3N3O3S. The molecule has 2 aromatic carbocycles. The van der Waals surface area contributed by atoms with Gasteiger partial charge in [0.25, 0.3) is 15.6 Å². The van der Waals surface area contributed by atoms with Gasteiger partial charge < -0.3 is 9.47 Å². The minimum Gasteiger partial charge on any atom is -0.310 e. The Bertz CT molecular complexity index is 1440. The van der Waals surface area contributed by atoms with E-state index in [0.29, 0.717) is 12.6 Å². The maximum absolute atomic E-state index is 13.2. The van der Waals surface area contributed by atoms with Crippen molar-refractivity contribution >= 4 is 15.7 Å². The van der Waals surface area contributed by atoms with E-state index in [1.54, 1.807) is 10.6 Å². The predicted molar refractivity (Wildman–Crippen MR) is 135 cm³/mol. The molecule has 2 atom stereocenters. The number of halogens is 3. The number of hydrogen-bond acceptors (Lipinski definition) is 4. The van der Waals surface area contributed by atoms with Crippen molar-refractivity contribution in [2.75, 3.05) is 24.4 Å². The summed E-state index contributed by atoms with van der Waals surface area (Å²) in [6.07, 6.45) is -1.64. The highest BCUT2D eigenvalue weighted by Gasteiger charge is 2.35. The second kappa shape index (κ2) is 9.98. The summed E-state index contributed by atoms with van der Waals surface area (Å²) in [7, 11) is -4.38. The molecule has 5 rings (SSSR count). The fourth-order valence-corrected chi connectivity index (χ4v) is 6.60. The van der Waals surface area contributed by atoms with Crippen molar-refractivity contribution in [2.24, 2.45) is 5.92 Å². The van der Waals surface area contributed by atoms with E-state index in [4.69, 9.17) is 0 Å². The minimum absolute atomic E-state index is 0.166. The molecule has 2 aliphatic rings. The largest absolute Gasteiger partial charge is 0.416 e. The number of aromatic nitrogens is 1. The summed E-state index contributed by atoms with van der Waals surface area (Å²) in [5.74, 6) is 0.446. The van der Waals surface area contributed by atoms with Crippen molar-refractivity contribution in [3.8, 4) is 0 Å². The van der Waals surface area contributed by atoms with Gasteiger partial charge >= 0.3 is 6.18 Å². The number of nitrogens with zero attached hydrogens (tertiary/aromatic N) is 2. The smallest absolute Gasteiger partial charge is 0.310 e. The second-order valence-electron chi connectivity index (χ2n) is 9.87. The molecule has 3 heterocycles. The summed E-state index contributed by atoms with van der Waals surface area (Å²) in [6.45, 7) is 3.16. The third-order valence-corrected chi connectivity index (χ3v) is 8.54. The molecule has 1 saturated heterocycles. The maximum atomic E-state index is 13.2. The number of pyridine rings is 1. The summed E-state index contributed by atoms with van der Waals surface area (Å²) in [4.78, 5) is 15.1. The first-order chi connectivity index (χ1) is 17.6. The van der Waals surface area contributed by atoms with E-state index in [1.165, 1.54) is 11.6 Å². The van der Waals surface area contributed by atoms with Crippen molar-refractivity contribution in [1.29, 1.82) is 0 Å². The van der Waals surface area contributed by atoms with Crippen molar-refractivity contribution in [3.05, 3.63) is 93.9 Å². The van der Waals surface area contributed by atoms with Crippen LogP contribution in [-0.4, -0.2) is 37.5 Å². The molecule has 1 fully saturated rings. The lowest BCUT2D eigenvalue weighted by Gasteiger charge is -2.43. The first-order valence-corrected chi connectivity index (χ1v) is 13.8. The molecular weight excluding hydrogens is 503 g/mol. The third kappa shape index (κ3) is 5.60. The summed E-state index contributed by atoms with van der Waals surface area (Å²) in [6, 6.07) is 17.0. The lowest BCUT2D eigenvalue weighted by molar-refractivity contribution is -0.137. The Morgan fingerprint density at radius 3 is 2.49 bits per heavy atom. The fraction of sp³-hybridized carbons (Fsp3) is 0.370. The van der Waals surface area contributed by atoms with Crippen molar-refractivity contribution in [3.63, 3.8) is 0 Å². The highest BCUT2D eigenvalue weighted by molar-refractivity contribution is 7.92. The van der Waals surface area contributed by atoms with Crippen LogP contribution in [-0.2, 0) is 29.2 Å². The molecule has 37 heavy (non-hydrogen) atoms. The van der Waals surface area contributed by atoms with Crippen LogP contribution in [0.4, 0.5) is 18.9 Å². The lowest BCUT2D eigenvalue weighted by Crippen LogP contribution is -2.47. The quantitative estimate of drug-likeness (QED) is 0.479. The van der Waals surface area contributed by atoms with Gasteiger partial charge in [-0.05, 0) is 67.6 Å². The normalized spacial score (nSPS) is 19.9. The van der Waals surface area contributed by atoms with Gasteiger partial charge in [-0.25, -0.2) is 8.42 Å². The highest BCUT2D eigenvalue weighted by Crippen LogP contribution is 2.36. The van der Waals surface area contributed by atoms with Gasteiger partial charge in [-0.15, -0.1) is 0 Å². The Morgan fingerprint density at radius 1 is 0.946 bits per heavy atom. The van der Waals surface area contributed by atoms with Crippen LogP contribution in [0, 0.1) is 5.92 Å². The van der Waals surface area contributed by atoms with Crippen LogP contribution in [0.1, 0.15) is 35.6 Å². The highest BCUT2D eigenvalue weighted by atomic mass is 32.2. The van der Waals surface area contributed by atoms with Crippen LogP contribution in [0.2, 0.25) is 0 Å². The lowest BCUT2D eigenvalue weighted by atomic mass is 9.83. The van der Waals surface area contributed by atoms with Gasteiger partial charge in [0.1, 0.15) is 5.69 Å². The Labute approximate surface area is 213 Å². The fourth-order valence-electron chi connectivity index (χ4n) is 5.50. The topological polar surface area (TPSA) is 71.4 Å². The van der Waals surface area contributed by atoms with Gasteiger partial charge in [-0.1, -0.05) is 36.4 Å². The van der Waals surface area contributed by atoms with Gasteiger partial charge in [0.05, 0.1) is 10.5 Å². The van der Waals surface area contributed by atoms with Crippen LogP contribution in [0.25, 0.3) is 0 Å². The number of nitrogens with one attached hydrogen (secondary N) is 1. The van der Waals surface area contributed by atoms with E-state index >= 15 is 0 Å². The number of piperidine rings is 1. The van der Waals surface area contributed by atoms with Crippen LogP contribution in [0.3, 0.4) is 0 Å². The first kappa shape index (κ1) is 25.5. The average Bonchev–Trinajstić information content (AvgIpc) is 2.86. The Kier molecular flexibility index (Phi) is 6.89. The zero-order valence-corrected chi connectivity index (χ0v) is 20.9. The first-order valence-electron chi connectivity index (χ1n) is 12.3. The summed E-state index contributed by atoms with van der Waals surface area (Å²) >= 11 is 0. The van der Waals surface area contributed by atoms with E-state index in [9.17, 15) is 26.4 Å². The number of hydrogen-bond donors (Lipinski definition) is 1. The molecule has 0 saturated carbocycles. The predicted octanol–water partition coefficient (Wildman–Crippen LogP) is 4.72. The van der Waals surface area contributed by atoms with Crippen molar-refractivity contribution in [2.45, 2.75) is 42.8 Å². The second-order valence-corrected chi connectivity index (χ2v) is 11.5. The molecule has 196 valence electrons. The number of fused-ring (bicyclic) bond motifs is 4. The zero-order chi connectivity index (χ0) is 26.2. The number of rotatable bonds is 7. The number of anilines is 1. The molecule has 1 N–H and O–H groups in total. The van der Waals surface area contributed by atoms with Crippen molar-refractivity contribution in [1.82, 2.24) is 9.47 Å². The van der Waals surface area contributed by atoms with Crippen LogP contribution < -0.4 is 10.3 Å². The molecule has 0 radical (unpaired) electrons. The standard InChI is InChI=1S/C27H28F3N3O3S/c28-27(29,30)22-9-4-10-23(15-22)37(35,36)31-24-11-12-25-21-14-20(17-33(25)26(24)34)16-32(18-21)13-5-8-19-6-2-1-3-7-19/h1-4,6-7,9-12,15,20-21,31H,5,8,13-14,16-18H2. The van der Waals surface area contributed by atoms with Crippen molar-refractivity contribution < 1.29 is 21.6 Å². The molecule has 2 bridgehead atoms. The molecule has 2 unspecified atom stereocenters. The van der Waals surface area contributed by atoms with E-state index in [1.807, 2.05) is 18.2 Å². The minimum atomic E-state index is -4.68. The Balaban J connectivity index is 1.30. The third-order valence-electron chi connectivity index (χ3n) is 7.18. The van der Waals surface area contributed by atoms with Crippen LogP contribution >= 0.6 is 0 Å². The van der Waals surface area contributed by atoms with E-state index in [0.717, 1.165) is 62.8 Å². The molecule has 10 heteroatoms. The number of aryl methyl sites for hydroxylation is 1. The molecule has 0 spiro atoms. The van der Waals surface area contributed by atoms with Gasteiger partial charge in [0.15, 0.2) is 0 Å². The Morgan fingerprint density at radius 2 is 1.73 bits per heavy atom. The van der Waals surface area contributed by atoms with E-state index in [-0.39, 0.29) is 17.5 Å². The number of sulfonamides is 1. The number of alkyl halides is 3. The van der Waals surface area contributed by atoms with Gasteiger partial charge in [0, 0.05) is 31.2 Å². The average molecular weight is 532 g/mol. The van der Waals surface area contributed by atoms with Gasteiger partial charge in [-0.2, -0.15) is 13.2 Å². The molecule has 0 amide bonds. The molecule has 6 nitrogen and oxygen atoms in total. The van der Waals surface area contributed by atoms with E-state index < -0.39 is 32.2 Å². The molecule has 0 aliphatic carbocycles. The summed E-state index contributed by atoms with van der Waals surface area (Å²) in [5, 5.41) is 0. The summed E-state index contributed by atoms with van der Waals surface area (Å²) in [5.41, 5.74) is 0.479.